The maximum Gasteiger partial charge on any atom is 0.346 e. The molecule has 0 saturated carbocycles. The van der Waals surface area contributed by atoms with Gasteiger partial charge >= 0.3 is 5.69 Å². The van der Waals surface area contributed by atoms with Crippen molar-refractivity contribution >= 4 is 16.8 Å². The Labute approximate surface area is 151 Å². The average molecular weight is 348 g/mol. The summed E-state index contributed by atoms with van der Waals surface area (Å²) < 4.78 is 0. The lowest BCUT2D eigenvalue weighted by Crippen LogP contribution is -2.48. The standard InChI is InChI=1S/C20H20N4O2/c25-19(18-16-8-4-5-9-17(16)21-20(26)22-18)24-12-10-23(11-13-24)14-15-6-2-1-3-7-15/h1-9H,10-14H2,(H,21,22,26). The summed E-state index contributed by atoms with van der Waals surface area (Å²) in [5.74, 6) is -0.174. The highest BCUT2D eigenvalue weighted by atomic mass is 16.2. The number of nitrogens with zero attached hydrogens (tertiary/aromatic N) is 3. The first-order chi connectivity index (χ1) is 12.7. The van der Waals surface area contributed by atoms with Gasteiger partial charge in [0.1, 0.15) is 5.69 Å². The molecule has 3 aromatic rings. The molecular weight excluding hydrogens is 328 g/mol. The summed E-state index contributed by atoms with van der Waals surface area (Å²) in [7, 11) is 0. The molecule has 0 spiro atoms. The number of aromatic amines is 1. The number of amides is 1. The smallest absolute Gasteiger partial charge is 0.335 e. The van der Waals surface area contributed by atoms with Crippen LogP contribution in [0.2, 0.25) is 0 Å². The normalized spacial score (nSPS) is 15.3. The zero-order valence-electron chi connectivity index (χ0n) is 14.4. The summed E-state index contributed by atoms with van der Waals surface area (Å²) in [4.78, 5) is 35.5. The number of para-hydroxylation sites is 1. The fraction of sp³-hybridized carbons (Fsp3) is 0.250. The van der Waals surface area contributed by atoms with Crippen LogP contribution >= 0.6 is 0 Å². The maximum absolute atomic E-state index is 12.9. The van der Waals surface area contributed by atoms with Crippen LogP contribution in [0.1, 0.15) is 16.1 Å². The Balaban J connectivity index is 1.48. The van der Waals surface area contributed by atoms with Gasteiger partial charge in [-0.3, -0.25) is 9.69 Å². The largest absolute Gasteiger partial charge is 0.346 e. The van der Waals surface area contributed by atoms with Gasteiger partial charge in [-0.15, -0.1) is 0 Å². The van der Waals surface area contributed by atoms with E-state index in [1.54, 1.807) is 11.0 Å². The first-order valence-corrected chi connectivity index (χ1v) is 8.75. The monoisotopic (exact) mass is 348 g/mol. The Morgan fingerprint density at radius 2 is 1.65 bits per heavy atom. The number of H-pyrrole nitrogens is 1. The van der Waals surface area contributed by atoms with Crippen LogP contribution in [0.3, 0.4) is 0 Å². The Hall–Kier alpha value is -2.99. The van der Waals surface area contributed by atoms with E-state index in [2.05, 4.69) is 27.0 Å². The van der Waals surface area contributed by atoms with E-state index in [-0.39, 0.29) is 11.6 Å². The third-order valence-corrected chi connectivity index (χ3v) is 4.75. The van der Waals surface area contributed by atoms with Crippen LogP contribution in [-0.4, -0.2) is 51.9 Å². The fourth-order valence-electron chi connectivity index (χ4n) is 3.37. The van der Waals surface area contributed by atoms with Crippen LogP contribution in [0.5, 0.6) is 0 Å². The van der Waals surface area contributed by atoms with Crippen molar-refractivity contribution in [3.63, 3.8) is 0 Å². The fourth-order valence-corrected chi connectivity index (χ4v) is 3.37. The van der Waals surface area contributed by atoms with Crippen LogP contribution in [-0.2, 0) is 6.54 Å². The van der Waals surface area contributed by atoms with Gasteiger partial charge in [0.25, 0.3) is 5.91 Å². The minimum Gasteiger partial charge on any atom is -0.335 e. The number of carbonyl (C=O) groups is 1. The summed E-state index contributed by atoms with van der Waals surface area (Å²) in [6, 6.07) is 17.6. The third kappa shape index (κ3) is 3.36. The summed E-state index contributed by atoms with van der Waals surface area (Å²) in [6.45, 7) is 3.77. The van der Waals surface area contributed by atoms with Gasteiger partial charge in [0, 0.05) is 38.1 Å². The minimum absolute atomic E-state index is 0.174. The van der Waals surface area contributed by atoms with Gasteiger partial charge in [0.2, 0.25) is 0 Å². The second kappa shape index (κ2) is 7.09. The molecule has 0 atom stereocenters. The van der Waals surface area contributed by atoms with Crippen molar-refractivity contribution < 1.29 is 4.79 Å². The third-order valence-electron chi connectivity index (χ3n) is 4.75. The predicted octanol–water partition coefficient (Wildman–Crippen LogP) is 1.88. The molecule has 1 aromatic heterocycles. The van der Waals surface area contributed by atoms with Crippen LogP contribution in [0.15, 0.2) is 59.4 Å². The summed E-state index contributed by atoms with van der Waals surface area (Å²) in [5.41, 5.74) is 1.66. The molecule has 1 saturated heterocycles. The van der Waals surface area contributed by atoms with Gasteiger partial charge in [-0.1, -0.05) is 48.5 Å². The number of fused-ring (bicyclic) bond motifs is 1. The molecule has 2 aromatic carbocycles. The number of rotatable bonds is 3. The second-order valence-electron chi connectivity index (χ2n) is 6.49. The van der Waals surface area contributed by atoms with Gasteiger partial charge in [-0.05, 0) is 11.6 Å². The van der Waals surface area contributed by atoms with Crippen molar-refractivity contribution in [1.82, 2.24) is 19.8 Å². The molecule has 1 amide bonds. The van der Waals surface area contributed by atoms with Crippen LogP contribution in [0, 0.1) is 0 Å². The van der Waals surface area contributed by atoms with Gasteiger partial charge < -0.3 is 9.88 Å². The number of nitrogens with one attached hydrogen (secondary N) is 1. The molecule has 1 aliphatic rings. The Kier molecular flexibility index (Phi) is 4.50. The van der Waals surface area contributed by atoms with E-state index in [1.807, 2.05) is 36.4 Å². The molecule has 0 unspecified atom stereocenters. The molecule has 132 valence electrons. The SMILES string of the molecule is O=C(c1nc(=O)[nH]c2ccccc12)N1CCN(Cc2ccccc2)CC1. The van der Waals surface area contributed by atoms with Gasteiger partial charge in [0.05, 0.1) is 5.52 Å². The molecule has 1 aliphatic heterocycles. The van der Waals surface area contributed by atoms with E-state index in [0.717, 1.165) is 19.6 Å². The summed E-state index contributed by atoms with van der Waals surface area (Å²) >= 11 is 0. The van der Waals surface area contributed by atoms with Crippen molar-refractivity contribution in [2.45, 2.75) is 6.54 Å². The van der Waals surface area contributed by atoms with E-state index in [4.69, 9.17) is 0 Å². The Morgan fingerprint density at radius 1 is 0.962 bits per heavy atom. The molecule has 0 radical (unpaired) electrons. The molecule has 6 nitrogen and oxygen atoms in total. The van der Waals surface area contributed by atoms with E-state index < -0.39 is 5.69 Å². The quantitative estimate of drug-likeness (QED) is 0.785. The van der Waals surface area contributed by atoms with Crippen molar-refractivity contribution in [3.8, 4) is 0 Å². The maximum atomic E-state index is 12.9. The summed E-state index contributed by atoms with van der Waals surface area (Å²) in [6.07, 6.45) is 0. The molecule has 0 bridgehead atoms. The number of hydrogen-bond donors (Lipinski definition) is 1. The first kappa shape index (κ1) is 16.5. The highest BCUT2D eigenvalue weighted by Crippen LogP contribution is 2.16. The zero-order valence-corrected chi connectivity index (χ0v) is 14.4. The van der Waals surface area contributed by atoms with Gasteiger partial charge in [-0.25, -0.2) is 4.79 Å². The van der Waals surface area contributed by atoms with Crippen molar-refractivity contribution in [2.24, 2.45) is 0 Å². The molecule has 1 N–H and O–H groups in total. The number of benzene rings is 2. The van der Waals surface area contributed by atoms with Crippen molar-refractivity contribution in [3.05, 3.63) is 76.3 Å². The lowest BCUT2D eigenvalue weighted by atomic mass is 10.1. The predicted molar refractivity (Wildman–Crippen MR) is 100.0 cm³/mol. The second-order valence-corrected chi connectivity index (χ2v) is 6.49. The summed E-state index contributed by atoms with van der Waals surface area (Å²) in [5, 5.41) is 0.684. The molecule has 6 heteroatoms. The van der Waals surface area contributed by atoms with E-state index >= 15 is 0 Å². The van der Waals surface area contributed by atoms with E-state index in [9.17, 15) is 9.59 Å². The molecule has 1 fully saturated rings. The van der Waals surface area contributed by atoms with E-state index in [1.165, 1.54) is 5.56 Å². The number of hydrogen-bond acceptors (Lipinski definition) is 4. The lowest BCUT2D eigenvalue weighted by Gasteiger charge is -2.34. The van der Waals surface area contributed by atoms with Crippen LogP contribution in [0.4, 0.5) is 0 Å². The number of piperazine rings is 1. The van der Waals surface area contributed by atoms with Crippen molar-refractivity contribution in [1.29, 1.82) is 0 Å². The molecule has 0 aliphatic carbocycles. The topological polar surface area (TPSA) is 69.3 Å². The molecule has 4 rings (SSSR count). The van der Waals surface area contributed by atoms with Crippen LogP contribution < -0.4 is 5.69 Å². The lowest BCUT2D eigenvalue weighted by molar-refractivity contribution is 0.0624. The van der Waals surface area contributed by atoms with Crippen LogP contribution in [0.25, 0.3) is 10.9 Å². The highest BCUT2D eigenvalue weighted by molar-refractivity contribution is 6.04. The Morgan fingerprint density at radius 3 is 2.42 bits per heavy atom. The minimum atomic E-state index is -0.491. The number of aromatic nitrogens is 2. The Bertz CT molecular complexity index is 976. The molecule has 26 heavy (non-hydrogen) atoms. The molecular formula is C20H20N4O2. The highest BCUT2D eigenvalue weighted by Gasteiger charge is 2.24. The van der Waals surface area contributed by atoms with Crippen molar-refractivity contribution in [2.75, 3.05) is 26.2 Å². The van der Waals surface area contributed by atoms with Gasteiger partial charge in [0.15, 0.2) is 0 Å². The number of carbonyl (C=O) groups excluding carboxylic acids is 1. The first-order valence-electron chi connectivity index (χ1n) is 8.75. The molecule has 2 heterocycles. The average Bonchev–Trinajstić information content (AvgIpc) is 2.68. The van der Waals surface area contributed by atoms with Gasteiger partial charge in [-0.2, -0.15) is 4.98 Å². The van der Waals surface area contributed by atoms with E-state index in [0.29, 0.717) is 24.0 Å². The zero-order chi connectivity index (χ0) is 17.9.